The lowest BCUT2D eigenvalue weighted by Crippen LogP contribution is -2.59. The Labute approximate surface area is 326 Å². The Kier molecular flexibility index (Phi) is 10.5. The fraction of sp³-hybridized carbons (Fsp3) is 0.676. The second kappa shape index (κ2) is 14.7. The molecule has 20 heteroatoms. The van der Waals surface area contributed by atoms with Gasteiger partial charge in [-0.05, 0) is 76.8 Å². The number of benzene rings is 1. The molecule has 1 unspecified atom stereocenters. The molecule has 4 amide bonds. The van der Waals surface area contributed by atoms with Crippen molar-refractivity contribution in [2.75, 3.05) is 13.7 Å². The molecule has 1 saturated heterocycles. The van der Waals surface area contributed by atoms with Crippen LogP contribution in [0.1, 0.15) is 84.3 Å². The first-order chi connectivity index (χ1) is 26.8. The number of nitrogens with one attached hydrogen (secondary N) is 3. The third kappa shape index (κ3) is 7.77. The number of aromatic nitrogens is 2. The number of amides is 4. The first-order valence-electron chi connectivity index (χ1n) is 19.2. The van der Waals surface area contributed by atoms with E-state index in [1.165, 1.54) is 33.1 Å². The maximum atomic E-state index is 16.2. The van der Waals surface area contributed by atoms with Crippen molar-refractivity contribution in [1.29, 1.82) is 0 Å². The van der Waals surface area contributed by atoms with E-state index in [9.17, 15) is 36.4 Å². The molecule has 1 aromatic carbocycles. The average molecular weight is 827 g/mol. The van der Waals surface area contributed by atoms with Gasteiger partial charge in [-0.15, -0.1) is 0 Å². The van der Waals surface area contributed by atoms with E-state index in [-0.39, 0.29) is 42.6 Å². The summed E-state index contributed by atoms with van der Waals surface area (Å²) in [4.78, 5) is 64.7. The monoisotopic (exact) mass is 826 g/mol. The van der Waals surface area contributed by atoms with E-state index in [4.69, 9.17) is 14.2 Å². The summed E-state index contributed by atoms with van der Waals surface area (Å²) in [5.74, 6) is -9.81. The lowest BCUT2D eigenvalue weighted by atomic mass is 9.93. The van der Waals surface area contributed by atoms with Gasteiger partial charge in [0.15, 0.2) is 5.69 Å². The smallest absolute Gasteiger partial charge is 0.408 e. The summed E-state index contributed by atoms with van der Waals surface area (Å²) in [6, 6.07) is 1.63. The van der Waals surface area contributed by atoms with Gasteiger partial charge in [0, 0.05) is 18.4 Å². The quantitative estimate of drug-likeness (QED) is 0.327. The lowest BCUT2D eigenvalue weighted by molar-refractivity contribution is -0.142. The Hall–Kier alpha value is -4.49. The highest BCUT2D eigenvalue weighted by Crippen LogP contribution is 2.50. The Balaban J connectivity index is 1.26. The predicted molar refractivity (Wildman–Crippen MR) is 193 cm³/mol. The number of methoxy groups -OCH3 is 1. The van der Waals surface area contributed by atoms with Gasteiger partial charge in [-0.1, -0.05) is 13.3 Å². The molecule has 3 aliphatic carbocycles. The Morgan fingerprint density at radius 3 is 2.47 bits per heavy atom. The molecule has 7 rings (SSSR count). The standard InChI is InChI=1S/C37H46F4N6O9S/c1-5-21-26-17-47(27(21)30(48)45-36(16-22(36)29(38)39)33(50)46-57(52,53)35(3)12-13-35)32(49)18(2)42-34(51)56-25-14-19(25)8-6-7-11-37(40,41)28-31(55-26)44-24-15-20(54-4)9-10-23(24)43-28/h9-10,15,18-19,21-22,25-27,29H,5-8,11-14,16-17H2,1-4H3,(H,42,51)(H,45,48)(H,46,50)/t18-,19+,21+,22?,25+,26-,27-,36+/m0/s1. The summed E-state index contributed by atoms with van der Waals surface area (Å²) in [6.07, 6.45) is -4.82. The summed E-state index contributed by atoms with van der Waals surface area (Å²) < 4.78 is 104. The number of alkyl carbamates (subject to hydrolysis) is 1. The SMILES string of the molecule is CC[C@@H]1[C@@H]2CN(C(=O)[C@H](C)NC(=O)O[C@@H]3C[C@H]3CCCCC(F)(F)c3nc4ccc(OC)cc4nc3O2)[C@@H]1C(=O)N[C@]1(C(=O)NS(=O)(=O)C2(C)CC2)CC1C(F)F. The number of carbonyl (C=O) groups is 4. The second-order valence-electron chi connectivity index (χ2n) is 16.1. The Morgan fingerprint density at radius 2 is 1.82 bits per heavy atom. The van der Waals surface area contributed by atoms with Crippen LogP contribution in [0.2, 0.25) is 0 Å². The van der Waals surface area contributed by atoms with E-state index in [0.29, 0.717) is 25.0 Å². The zero-order valence-electron chi connectivity index (χ0n) is 31.9. The summed E-state index contributed by atoms with van der Waals surface area (Å²) in [6.45, 7) is 3.96. The van der Waals surface area contributed by atoms with Gasteiger partial charge in [0.05, 0.1) is 35.4 Å². The number of rotatable bonds is 8. The molecular weight excluding hydrogens is 780 g/mol. The van der Waals surface area contributed by atoms with E-state index >= 15 is 8.78 Å². The molecule has 2 aliphatic heterocycles. The van der Waals surface area contributed by atoms with E-state index in [1.54, 1.807) is 13.0 Å². The van der Waals surface area contributed by atoms with Gasteiger partial charge in [0.2, 0.25) is 34.1 Å². The summed E-state index contributed by atoms with van der Waals surface area (Å²) in [5, 5.41) is 4.85. The lowest BCUT2D eigenvalue weighted by Gasteiger charge is -2.31. The molecule has 8 atom stereocenters. The first-order valence-corrected chi connectivity index (χ1v) is 20.7. The van der Waals surface area contributed by atoms with Crippen molar-refractivity contribution in [2.24, 2.45) is 17.8 Å². The van der Waals surface area contributed by atoms with Crippen molar-refractivity contribution in [2.45, 2.75) is 125 Å². The molecule has 3 N–H and O–H groups in total. The number of fused-ring (bicyclic) bond motifs is 5. The van der Waals surface area contributed by atoms with Gasteiger partial charge in [0.25, 0.3) is 11.8 Å². The molecule has 1 aromatic heterocycles. The average Bonchev–Trinajstić information content (AvgIpc) is 4.10. The third-order valence-electron chi connectivity index (χ3n) is 12.1. The van der Waals surface area contributed by atoms with Crippen molar-refractivity contribution in [1.82, 2.24) is 30.2 Å². The Morgan fingerprint density at radius 1 is 1.09 bits per heavy atom. The number of sulfonamides is 1. The van der Waals surface area contributed by atoms with Gasteiger partial charge in [-0.25, -0.2) is 32.0 Å². The summed E-state index contributed by atoms with van der Waals surface area (Å²) >= 11 is 0. The fourth-order valence-electron chi connectivity index (χ4n) is 7.99. The minimum absolute atomic E-state index is 0.0486. The highest BCUT2D eigenvalue weighted by molar-refractivity contribution is 7.91. The minimum atomic E-state index is -4.30. The summed E-state index contributed by atoms with van der Waals surface area (Å²) in [5.41, 5.74) is -2.80. The number of nitrogens with zero attached hydrogens (tertiary/aromatic N) is 3. The number of halogens is 4. The molecule has 5 aliphatic rings. The van der Waals surface area contributed by atoms with Crippen LogP contribution in [-0.4, -0.2) is 102 Å². The van der Waals surface area contributed by atoms with Crippen LogP contribution in [0.15, 0.2) is 18.2 Å². The molecule has 3 saturated carbocycles. The molecule has 4 fully saturated rings. The molecule has 2 bridgehead atoms. The highest BCUT2D eigenvalue weighted by Gasteiger charge is 2.67. The molecule has 2 aromatic rings. The molecule has 57 heavy (non-hydrogen) atoms. The van der Waals surface area contributed by atoms with Crippen molar-refractivity contribution < 1.29 is 59.4 Å². The topological polar surface area (TPSA) is 195 Å². The van der Waals surface area contributed by atoms with Crippen LogP contribution in [-0.2, 0) is 35.1 Å². The zero-order valence-corrected chi connectivity index (χ0v) is 32.7. The number of hydrogen-bond acceptors (Lipinski definition) is 11. The van der Waals surface area contributed by atoms with Crippen LogP contribution in [0.25, 0.3) is 11.0 Å². The van der Waals surface area contributed by atoms with Crippen LogP contribution in [0.5, 0.6) is 11.6 Å². The maximum absolute atomic E-state index is 16.2. The van der Waals surface area contributed by atoms with Crippen molar-refractivity contribution in [3.63, 3.8) is 0 Å². The maximum Gasteiger partial charge on any atom is 0.408 e. The van der Waals surface area contributed by atoms with E-state index in [1.807, 2.05) is 4.72 Å². The Bertz CT molecular complexity index is 2070. The predicted octanol–water partition coefficient (Wildman–Crippen LogP) is 3.93. The van der Waals surface area contributed by atoms with Crippen molar-refractivity contribution >= 4 is 44.9 Å². The largest absolute Gasteiger partial charge is 0.497 e. The fourth-order valence-corrected chi connectivity index (χ4v) is 9.30. The van der Waals surface area contributed by atoms with Crippen LogP contribution >= 0.6 is 0 Å². The zero-order chi connectivity index (χ0) is 41.2. The van der Waals surface area contributed by atoms with Gasteiger partial charge in [0.1, 0.15) is 35.6 Å². The van der Waals surface area contributed by atoms with Crippen molar-refractivity contribution in [3.8, 4) is 11.6 Å². The highest BCUT2D eigenvalue weighted by atomic mass is 32.2. The molecule has 3 heterocycles. The van der Waals surface area contributed by atoms with Crippen LogP contribution in [0.4, 0.5) is 22.4 Å². The minimum Gasteiger partial charge on any atom is -0.497 e. The van der Waals surface area contributed by atoms with Crippen molar-refractivity contribution in [3.05, 3.63) is 23.9 Å². The molecule has 0 spiro atoms. The van der Waals surface area contributed by atoms with Gasteiger partial charge in [-0.3, -0.25) is 19.1 Å². The molecule has 15 nitrogen and oxygen atoms in total. The number of alkyl halides is 4. The first kappa shape index (κ1) is 40.7. The van der Waals surface area contributed by atoms with Gasteiger partial charge in [-0.2, -0.15) is 8.78 Å². The molecule has 0 radical (unpaired) electrons. The van der Waals surface area contributed by atoms with Gasteiger partial charge >= 0.3 is 6.09 Å². The normalized spacial score (nSPS) is 32.0. The van der Waals surface area contributed by atoms with E-state index in [2.05, 4.69) is 20.6 Å². The summed E-state index contributed by atoms with van der Waals surface area (Å²) in [7, 11) is -2.88. The number of ether oxygens (including phenoxy) is 3. The second-order valence-corrected chi connectivity index (χ2v) is 18.3. The van der Waals surface area contributed by atoms with Gasteiger partial charge < -0.3 is 29.7 Å². The molecular formula is C37H46F4N6O9S. The van der Waals surface area contributed by atoms with Crippen LogP contribution in [0, 0.1) is 17.8 Å². The van der Waals surface area contributed by atoms with E-state index < -0.39 is 124 Å². The molecule has 312 valence electrons. The number of carbonyl (C=O) groups excluding carboxylic acids is 4. The van der Waals surface area contributed by atoms with Crippen LogP contribution in [0.3, 0.4) is 0 Å². The third-order valence-corrected chi connectivity index (χ3v) is 14.3. The van der Waals surface area contributed by atoms with Crippen LogP contribution < -0.4 is 24.8 Å². The van der Waals surface area contributed by atoms with E-state index in [0.717, 1.165) is 4.90 Å². The number of hydrogen-bond donors (Lipinski definition) is 3.